The summed E-state index contributed by atoms with van der Waals surface area (Å²) in [5.74, 6) is -0.537. The second kappa shape index (κ2) is 7.76. The Kier molecular flexibility index (Phi) is 7.11. The first kappa shape index (κ1) is 17.4. The summed E-state index contributed by atoms with van der Waals surface area (Å²) >= 11 is 0. The van der Waals surface area contributed by atoms with Gasteiger partial charge in [0.15, 0.2) is 0 Å². The Morgan fingerprint density at radius 1 is 1.16 bits per heavy atom. The summed E-state index contributed by atoms with van der Waals surface area (Å²) in [5.41, 5.74) is 6.38. The summed E-state index contributed by atoms with van der Waals surface area (Å²) in [6, 6.07) is 6.25. The minimum Gasteiger partial charge on any atom is -0.350 e. The number of nitrogens with one attached hydrogen (secondary N) is 2. The van der Waals surface area contributed by atoms with Gasteiger partial charge in [-0.2, -0.15) is 0 Å². The van der Waals surface area contributed by atoms with Crippen LogP contribution in [0.3, 0.4) is 0 Å². The summed E-state index contributed by atoms with van der Waals surface area (Å²) in [6.45, 7) is 5.34. The van der Waals surface area contributed by atoms with Crippen molar-refractivity contribution in [2.45, 2.75) is 32.9 Å². The molecule has 1 rings (SSSR count). The van der Waals surface area contributed by atoms with Crippen molar-refractivity contribution in [2.75, 3.05) is 5.32 Å². The first-order chi connectivity index (χ1) is 8.41. The molecule has 0 aromatic heterocycles. The normalized spacial score (nSPS) is 11.4. The fourth-order valence-electron chi connectivity index (χ4n) is 1.38. The predicted octanol–water partition coefficient (Wildman–Crippen LogP) is 1.53. The molecule has 4 N–H and O–H groups in total. The summed E-state index contributed by atoms with van der Waals surface area (Å²) in [5, 5.41) is 5.42. The van der Waals surface area contributed by atoms with Gasteiger partial charge in [-0.15, -0.1) is 12.4 Å². The zero-order valence-corrected chi connectivity index (χ0v) is 12.1. The van der Waals surface area contributed by atoms with Crippen molar-refractivity contribution < 1.29 is 9.59 Å². The summed E-state index contributed by atoms with van der Waals surface area (Å²) < 4.78 is 0. The molecular weight excluding hydrogens is 266 g/mol. The number of anilines is 1. The molecule has 0 saturated heterocycles. The lowest BCUT2D eigenvalue weighted by Gasteiger charge is -2.14. The Bertz CT molecular complexity index is 447. The van der Waals surface area contributed by atoms with E-state index in [4.69, 9.17) is 5.73 Å². The van der Waals surface area contributed by atoms with Crippen LogP contribution in [-0.4, -0.2) is 23.9 Å². The van der Waals surface area contributed by atoms with Gasteiger partial charge in [0.25, 0.3) is 5.91 Å². The number of carbonyl (C=O) groups is 2. The van der Waals surface area contributed by atoms with E-state index in [-0.39, 0.29) is 30.3 Å². The van der Waals surface area contributed by atoms with E-state index >= 15 is 0 Å². The fraction of sp³-hybridized carbons (Fsp3) is 0.385. The van der Waals surface area contributed by atoms with Crippen LogP contribution in [0.1, 0.15) is 31.1 Å². The van der Waals surface area contributed by atoms with Crippen LogP contribution in [0.2, 0.25) is 0 Å². The van der Waals surface area contributed by atoms with Crippen molar-refractivity contribution in [1.29, 1.82) is 0 Å². The van der Waals surface area contributed by atoms with Crippen molar-refractivity contribution in [1.82, 2.24) is 5.32 Å². The minimum absolute atomic E-state index is 0. The Balaban J connectivity index is 0.00000324. The number of hydrogen-bond acceptors (Lipinski definition) is 3. The lowest BCUT2D eigenvalue weighted by atomic mass is 10.1. The number of para-hydroxylation sites is 1. The summed E-state index contributed by atoms with van der Waals surface area (Å²) in [4.78, 5) is 23.5. The molecule has 0 aliphatic heterocycles. The molecule has 1 aromatic rings. The van der Waals surface area contributed by atoms with E-state index in [0.717, 1.165) is 0 Å². The second-order valence-corrected chi connectivity index (χ2v) is 4.45. The number of benzene rings is 1. The maximum Gasteiger partial charge on any atom is 0.253 e. The molecule has 0 aliphatic rings. The van der Waals surface area contributed by atoms with E-state index in [1.807, 2.05) is 13.8 Å². The van der Waals surface area contributed by atoms with Gasteiger partial charge in [-0.3, -0.25) is 9.59 Å². The van der Waals surface area contributed by atoms with Crippen molar-refractivity contribution in [3.8, 4) is 0 Å². The van der Waals surface area contributed by atoms with Crippen LogP contribution in [0, 0.1) is 0 Å². The third-order valence-electron chi connectivity index (χ3n) is 2.26. The molecule has 0 aliphatic carbocycles. The lowest BCUT2D eigenvalue weighted by molar-refractivity contribution is -0.117. The molecule has 19 heavy (non-hydrogen) atoms. The highest BCUT2D eigenvalue weighted by atomic mass is 35.5. The van der Waals surface area contributed by atoms with Crippen molar-refractivity contribution >= 4 is 29.9 Å². The van der Waals surface area contributed by atoms with Gasteiger partial charge in [-0.05, 0) is 32.9 Å². The fourth-order valence-corrected chi connectivity index (χ4v) is 1.38. The molecule has 0 fully saturated rings. The Hall–Kier alpha value is -1.59. The lowest BCUT2D eigenvalue weighted by Crippen LogP contribution is -2.34. The van der Waals surface area contributed by atoms with Gasteiger partial charge in [0, 0.05) is 6.04 Å². The van der Waals surface area contributed by atoms with E-state index in [1.54, 1.807) is 31.2 Å². The van der Waals surface area contributed by atoms with E-state index in [9.17, 15) is 9.59 Å². The SMILES string of the molecule is CC(C)NC(=O)c1ccccc1NC(=O)[C@H](C)N.Cl. The highest BCUT2D eigenvalue weighted by Gasteiger charge is 2.15. The number of rotatable bonds is 4. The van der Waals surface area contributed by atoms with Gasteiger partial charge >= 0.3 is 0 Å². The van der Waals surface area contributed by atoms with Crippen molar-refractivity contribution in [3.05, 3.63) is 29.8 Å². The Labute approximate surface area is 119 Å². The van der Waals surface area contributed by atoms with E-state index in [2.05, 4.69) is 10.6 Å². The average Bonchev–Trinajstić information content (AvgIpc) is 2.28. The Morgan fingerprint density at radius 3 is 2.26 bits per heavy atom. The second-order valence-electron chi connectivity index (χ2n) is 4.45. The number of hydrogen-bond donors (Lipinski definition) is 3. The van der Waals surface area contributed by atoms with Crippen LogP contribution in [0.5, 0.6) is 0 Å². The average molecular weight is 286 g/mol. The Morgan fingerprint density at radius 2 is 1.74 bits per heavy atom. The molecule has 0 saturated carbocycles. The highest BCUT2D eigenvalue weighted by molar-refractivity contribution is 6.04. The van der Waals surface area contributed by atoms with Crippen molar-refractivity contribution in [3.63, 3.8) is 0 Å². The zero-order chi connectivity index (χ0) is 13.7. The van der Waals surface area contributed by atoms with Crippen molar-refractivity contribution in [2.24, 2.45) is 5.73 Å². The van der Waals surface area contributed by atoms with Gasteiger partial charge in [-0.1, -0.05) is 12.1 Å². The topological polar surface area (TPSA) is 84.2 Å². The van der Waals surface area contributed by atoms with Crippen LogP contribution in [0.4, 0.5) is 5.69 Å². The predicted molar refractivity (Wildman–Crippen MR) is 78.6 cm³/mol. The molecule has 0 unspecified atom stereocenters. The van der Waals surface area contributed by atoms with E-state index < -0.39 is 6.04 Å². The van der Waals surface area contributed by atoms with Gasteiger partial charge in [0.1, 0.15) is 0 Å². The molecule has 106 valence electrons. The van der Waals surface area contributed by atoms with E-state index in [0.29, 0.717) is 11.3 Å². The molecule has 1 aromatic carbocycles. The van der Waals surface area contributed by atoms with Crippen LogP contribution >= 0.6 is 12.4 Å². The third kappa shape index (κ3) is 5.28. The first-order valence-electron chi connectivity index (χ1n) is 5.88. The molecule has 6 heteroatoms. The van der Waals surface area contributed by atoms with Crippen LogP contribution in [0.15, 0.2) is 24.3 Å². The molecule has 0 radical (unpaired) electrons. The molecule has 5 nitrogen and oxygen atoms in total. The third-order valence-corrected chi connectivity index (χ3v) is 2.26. The van der Waals surface area contributed by atoms with Gasteiger partial charge < -0.3 is 16.4 Å². The minimum atomic E-state index is -0.619. The smallest absolute Gasteiger partial charge is 0.253 e. The highest BCUT2D eigenvalue weighted by Crippen LogP contribution is 2.15. The van der Waals surface area contributed by atoms with Gasteiger partial charge in [-0.25, -0.2) is 0 Å². The quantitative estimate of drug-likeness (QED) is 0.784. The molecule has 0 bridgehead atoms. The molecule has 0 heterocycles. The van der Waals surface area contributed by atoms with Crippen LogP contribution in [-0.2, 0) is 4.79 Å². The maximum absolute atomic E-state index is 11.9. The summed E-state index contributed by atoms with van der Waals surface area (Å²) in [6.07, 6.45) is 0. The van der Waals surface area contributed by atoms with Gasteiger partial charge in [0.2, 0.25) is 5.91 Å². The molecule has 2 amide bonds. The molecule has 1 atom stereocenters. The monoisotopic (exact) mass is 285 g/mol. The molecule has 0 spiro atoms. The largest absolute Gasteiger partial charge is 0.350 e. The van der Waals surface area contributed by atoms with Crippen LogP contribution < -0.4 is 16.4 Å². The van der Waals surface area contributed by atoms with Crippen LogP contribution in [0.25, 0.3) is 0 Å². The standard InChI is InChI=1S/C13H19N3O2.ClH/c1-8(2)15-13(18)10-6-4-5-7-11(10)16-12(17)9(3)14;/h4-9H,14H2,1-3H3,(H,15,18)(H,16,17);1H/t9-;/m0./s1. The van der Waals surface area contributed by atoms with E-state index in [1.165, 1.54) is 0 Å². The maximum atomic E-state index is 11.9. The molecular formula is C13H20ClN3O2. The van der Waals surface area contributed by atoms with Gasteiger partial charge in [0.05, 0.1) is 17.3 Å². The number of amides is 2. The number of halogens is 1. The number of carbonyl (C=O) groups excluding carboxylic acids is 2. The zero-order valence-electron chi connectivity index (χ0n) is 11.3. The first-order valence-corrected chi connectivity index (χ1v) is 5.88. The number of nitrogens with two attached hydrogens (primary N) is 1. The summed E-state index contributed by atoms with van der Waals surface area (Å²) in [7, 11) is 0.